The van der Waals surface area contributed by atoms with Crippen molar-refractivity contribution in [1.29, 1.82) is 0 Å². The van der Waals surface area contributed by atoms with Gasteiger partial charge in [-0.25, -0.2) is 4.79 Å². The topological polar surface area (TPSA) is 95.6 Å². The molecule has 8 heteroatoms. The third kappa shape index (κ3) is 4.74. The molecule has 0 saturated heterocycles. The lowest BCUT2D eigenvalue weighted by atomic mass is 10.4. The molecular weight excluding hydrogens is 290 g/mol. The summed E-state index contributed by atoms with van der Waals surface area (Å²) in [5.74, 6) is -0.464. The first-order valence-electron chi connectivity index (χ1n) is 6.68. The Kier molecular flexibility index (Phi) is 5.73. The van der Waals surface area contributed by atoms with Crippen LogP contribution in [0.15, 0.2) is 35.0 Å². The van der Waals surface area contributed by atoms with Crippen molar-refractivity contribution >= 4 is 11.9 Å². The van der Waals surface area contributed by atoms with Gasteiger partial charge in [-0.05, 0) is 18.2 Å². The zero-order valence-electron chi connectivity index (χ0n) is 12.2. The van der Waals surface area contributed by atoms with Gasteiger partial charge in [-0.1, -0.05) is 0 Å². The SMILES string of the molecule is COCCNC(=O)COC(=O)c1ccc(Cn2cccn2)o1. The summed E-state index contributed by atoms with van der Waals surface area (Å²) in [4.78, 5) is 23.1. The van der Waals surface area contributed by atoms with Crippen LogP contribution < -0.4 is 5.32 Å². The maximum absolute atomic E-state index is 11.8. The number of nitrogens with one attached hydrogen (secondary N) is 1. The molecule has 118 valence electrons. The summed E-state index contributed by atoms with van der Waals surface area (Å²) in [5, 5.41) is 6.58. The van der Waals surface area contributed by atoms with Crippen LogP contribution in [0.1, 0.15) is 16.3 Å². The van der Waals surface area contributed by atoms with Crippen LogP contribution in [0.5, 0.6) is 0 Å². The van der Waals surface area contributed by atoms with Crippen molar-refractivity contribution in [1.82, 2.24) is 15.1 Å². The average Bonchev–Trinajstić information content (AvgIpc) is 3.17. The number of furan rings is 1. The number of amides is 1. The molecule has 0 unspecified atom stereocenters. The Morgan fingerprint density at radius 1 is 1.41 bits per heavy atom. The van der Waals surface area contributed by atoms with Crippen LogP contribution in [-0.4, -0.2) is 48.5 Å². The standard InChI is InChI=1S/C14H17N3O5/c1-20-8-6-15-13(18)10-21-14(19)12-4-3-11(22-12)9-17-7-2-5-16-17/h2-5,7H,6,8-10H2,1H3,(H,15,18). The van der Waals surface area contributed by atoms with Gasteiger partial charge in [0.15, 0.2) is 6.61 Å². The summed E-state index contributed by atoms with van der Waals surface area (Å²) < 4.78 is 16.7. The van der Waals surface area contributed by atoms with Crippen molar-refractivity contribution in [2.45, 2.75) is 6.54 Å². The lowest BCUT2D eigenvalue weighted by Crippen LogP contribution is -2.31. The van der Waals surface area contributed by atoms with Crippen molar-refractivity contribution in [2.75, 3.05) is 26.9 Å². The van der Waals surface area contributed by atoms with Crippen molar-refractivity contribution in [3.8, 4) is 0 Å². The van der Waals surface area contributed by atoms with Crippen molar-refractivity contribution in [3.63, 3.8) is 0 Å². The molecule has 2 aromatic rings. The highest BCUT2D eigenvalue weighted by Crippen LogP contribution is 2.10. The normalized spacial score (nSPS) is 10.4. The molecule has 0 spiro atoms. The van der Waals surface area contributed by atoms with Gasteiger partial charge >= 0.3 is 5.97 Å². The molecule has 2 heterocycles. The fourth-order valence-electron chi connectivity index (χ4n) is 1.67. The number of hydrogen-bond donors (Lipinski definition) is 1. The molecule has 0 radical (unpaired) electrons. The number of hydrogen-bond acceptors (Lipinski definition) is 6. The van der Waals surface area contributed by atoms with E-state index >= 15 is 0 Å². The number of rotatable bonds is 8. The van der Waals surface area contributed by atoms with E-state index in [0.29, 0.717) is 25.5 Å². The highest BCUT2D eigenvalue weighted by Gasteiger charge is 2.14. The van der Waals surface area contributed by atoms with E-state index < -0.39 is 11.9 Å². The number of aromatic nitrogens is 2. The second-order valence-electron chi connectivity index (χ2n) is 4.39. The molecule has 0 aliphatic carbocycles. The van der Waals surface area contributed by atoms with Crippen LogP contribution in [0.4, 0.5) is 0 Å². The molecule has 0 saturated carbocycles. The number of carbonyl (C=O) groups is 2. The predicted octanol–water partition coefficient (Wildman–Crippen LogP) is 0.444. The van der Waals surface area contributed by atoms with E-state index in [1.807, 2.05) is 0 Å². The summed E-state index contributed by atoms with van der Waals surface area (Å²) in [6.07, 6.45) is 3.44. The minimum atomic E-state index is -0.686. The fourth-order valence-corrected chi connectivity index (χ4v) is 1.67. The van der Waals surface area contributed by atoms with Crippen LogP contribution >= 0.6 is 0 Å². The Bertz CT molecular complexity index is 606. The maximum atomic E-state index is 11.8. The minimum Gasteiger partial charge on any atom is -0.452 e. The van der Waals surface area contributed by atoms with Gasteiger partial charge in [-0.2, -0.15) is 5.10 Å². The highest BCUT2D eigenvalue weighted by atomic mass is 16.5. The van der Waals surface area contributed by atoms with Gasteiger partial charge in [0.1, 0.15) is 5.76 Å². The van der Waals surface area contributed by atoms with E-state index in [1.165, 1.54) is 13.2 Å². The molecular formula is C14H17N3O5. The molecule has 0 bridgehead atoms. The van der Waals surface area contributed by atoms with Gasteiger partial charge in [-0.15, -0.1) is 0 Å². The molecule has 1 N–H and O–H groups in total. The highest BCUT2D eigenvalue weighted by molar-refractivity contribution is 5.88. The Labute approximate surface area is 127 Å². The number of nitrogens with zero attached hydrogens (tertiary/aromatic N) is 2. The van der Waals surface area contributed by atoms with E-state index in [9.17, 15) is 9.59 Å². The van der Waals surface area contributed by atoms with E-state index in [2.05, 4.69) is 10.4 Å². The van der Waals surface area contributed by atoms with Crippen LogP contribution in [-0.2, 0) is 20.8 Å². The smallest absolute Gasteiger partial charge is 0.374 e. The summed E-state index contributed by atoms with van der Waals surface area (Å²) in [5.41, 5.74) is 0. The number of ether oxygens (including phenoxy) is 2. The third-order valence-electron chi connectivity index (χ3n) is 2.70. The summed E-state index contributed by atoms with van der Waals surface area (Å²) in [6.45, 7) is 0.811. The van der Waals surface area contributed by atoms with Crippen LogP contribution in [0.25, 0.3) is 0 Å². The molecule has 2 rings (SSSR count). The van der Waals surface area contributed by atoms with Gasteiger partial charge in [-0.3, -0.25) is 9.48 Å². The summed E-state index contributed by atoms with van der Waals surface area (Å²) in [7, 11) is 1.53. The van der Waals surface area contributed by atoms with Crippen molar-refractivity contribution in [3.05, 3.63) is 42.1 Å². The maximum Gasteiger partial charge on any atom is 0.374 e. The van der Waals surface area contributed by atoms with Gasteiger partial charge < -0.3 is 19.2 Å². The Morgan fingerprint density at radius 3 is 3.00 bits per heavy atom. The number of esters is 1. The average molecular weight is 307 g/mol. The second kappa shape index (κ2) is 7.99. The first kappa shape index (κ1) is 15.8. The summed E-state index contributed by atoms with van der Waals surface area (Å²) >= 11 is 0. The molecule has 22 heavy (non-hydrogen) atoms. The second-order valence-corrected chi connectivity index (χ2v) is 4.39. The Morgan fingerprint density at radius 2 is 2.27 bits per heavy atom. The first-order valence-corrected chi connectivity index (χ1v) is 6.68. The monoisotopic (exact) mass is 307 g/mol. The quantitative estimate of drug-likeness (QED) is 0.562. The minimum absolute atomic E-state index is 0.0480. The lowest BCUT2D eigenvalue weighted by molar-refractivity contribution is -0.124. The van der Waals surface area contributed by atoms with Crippen LogP contribution in [0.2, 0.25) is 0 Å². The predicted molar refractivity (Wildman–Crippen MR) is 75.2 cm³/mol. The van der Waals surface area contributed by atoms with Gasteiger partial charge in [0.2, 0.25) is 5.76 Å². The van der Waals surface area contributed by atoms with Crippen LogP contribution in [0, 0.1) is 0 Å². The molecule has 2 aromatic heterocycles. The Balaban J connectivity index is 1.78. The van der Waals surface area contributed by atoms with E-state index in [-0.39, 0.29) is 12.4 Å². The van der Waals surface area contributed by atoms with E-state index in [1.54, 1.807) is 29.2 Å². The van der Waals surface area contributed by atoms with Gasteiger partial charge in [0.25, 0.3) is 5.91 Å². The van der Waals surface area contributed by atoms with Gasteiger partial charge in [0, 0.05) is 26.0 Å². The third-order valence-corrected chi connectivity index (χ3v) is 2.70. The number of methoxy groups -OCH3 is 1. The fraction of sp³-hybridized carbons (Fsp3) is 0.357. The van der Waals surface area contributed by atoms with Crippen molar-refractivity contribution < 1.29 is 23.5 Å². The van der Waals surface area contributed by atoms with Crippen LogP contribution in [0.3, 0.4) is 0 Å². The molecule has 0 atom stereocenters. The zero-order chi connectivity index (χ0) is 15.8. The summed E-state index contributed by atoms with van der Waals surface area (Å²) in [6, 6.07) is 4.96. The largest absolute Gasteiger partial charge is 0.452 e. The Hall–Kier alpha value is -2.61. The molecule has 0 aromatic carbocycles. The molecule has 0 fully saturated rings. The molecule has 0 aliphatic heterocycles. The number of carbonyl (C=O) groups excluding carboxylic acids is 2. The lowest BCUT2D eigenvalue weighted by Gasteiger charge is -2.04. The van der Waals surface area contributed by atoms with Crippen molar-refractivity contribution in [2.24, 2.45) is 0 Å². The van der Waals surface area contributed by atoms with E-state index in [4.69, 9.17) is 13.9 Å². The molecule has 8 nitrogen and oxygen atoms in total. The molecule has 1 amide bonds. The first-order chi connectivity index (χ1) is 10.7. The zero-order valence-corrected chi connectivity index (χ0v) is 12.2. The van der Waals surface area contributed by atoms with Gasteiger partial charge in [0.05, 0.1) is 13.2 Å². The molecule has 0 aliphatic rings. The van der Waals surface area contributed by atoms with E-state index in [0.717, 1.165) is 0 Å².